The zero-order chi connectivity index (χ0) is 25.4. The third-order valence-corrected chi connectivity index (χ3v) is 6.63. The van der Waals surface area contributed by atoms with Gasteiger partial charge in [-0.3, -0.25) is 4.79 Å². The highest BCUT2D eigenvalue weighted by atomic mass is 16.5. The fourth-order valence-electron chi connectivity index (χ4n) is 4.69. The van der Waals surface area contributed by atoms with Crippen molar-refractivity contribution in [1.29, 1.82) is 0 Å². The van der Waals surface area contributed by atoms with Crippen LogP contribution >= 0.6 is 0 Å². The van der Waals surface area contributed by atoms with Gasteiger partial charge in [0.15, 0.2) is 0 Å². The Balaban J connectivity index is 1.30. The number of nitrogens with two attached hydrogens (primary N) is 1. The minimum Gasteiger partial charge on any atom is -0.457 e. The van der Waals surface area contributed by atoms with Gasteiger partial charge in [-0.25, -0.2) is 14.5 Å². The molecule has 0 saturated heterocycles. The highest BCUT2D eigenvalue weighted by molar-refractivity contribution is 6.03. The molecule has 188 valence electrons. The quantitative estimate of drug-likeness (QED) is 0.398. The van der Waals surface area contributed by atoms with E-state index in [2.05, 4.69) is 15.4 Å². The van der Waals surface area contributed by atoms with Gasteiger partial charge in [0.25, 0.3) is 5.91 Å². The predicted octanol–water partition coefficient (Wildman–Crippen LogP) is 3.52. The van der Waals surface area contributed by atoms with Gasteiger partial charge in [0.2, 0.25) is 0 Å². The van der Waals surface area contributed by atoms with Crippen molar-refractivity contribution in [3.05, 3.63) is 72.8 Å². The van der Waals surface area contributed by atoms with Crippen molar-refractivity contribution < 1.29 is 14.3 Å². The van der Waals surface area contributed by atoms with Crippen LogP contribution in [-0.2, 0) is 0 Å². The van der Waals surface area contributed by atoms with E-state index >= 15 is 0 Å². The van der Waals surface area contributed by atoms with Crippen LogP contribution in [0, 0.1) is 0 Å². The fraction of sp³-hybridized carbons (Fsp3) is 0.269. The Morgan fingerprint density at radius 2 is 1.81 bits per heavy atom. The summed E-state index contributed by atoms with van der Waals surface area (Å²) in [7, 11) is 0. The van der Waals surface area contributed by atoms with E-state index in [1.807, 2.05) is 59.5 Å². The summed E-state index contributed by atoms with van der Waals surface area (Å²) < 4.78 is 8.95. The van der Waals surface area contributed by atoms with E-state index in [9.17, 15) is 9.59 Å². The summed E-state index contributed by atoms with van der Waals surface area (Å²) in [6, 6.07) is 16.7. The molecule has 0 radical (unpaired) electrons. The molecule has 3 N–H and O–H groups in total. The van der Waals surface area contributed by atoms with Crippen LogP contribution in [0.3, 0.4) is 0 Å². The molecular formula is C26H26N8O3. The van der Waals surface area contributed by atoms with Crippen molar-refractivity contribution in [3.8, 4) is 22.8 Å². The number of carbonyl (C=O) groups is 2. The lowest BCUT2D eigenvalue weighted by Crippen LogP contribution is -2.42. The Labute approximate surface area is 212 Å². The Kier molecular flexibility index (Phi) is 5.79. The molecular weight excluding hydrogens is 472 g/mol. The monoisotopic (exact) mass is 498 g/mol. The maximum absolute atomic E-state index is 13.1. The molecule has 0 bridgehead atoms. The Morgan fingerprint density at radius 3 is 2.49 bits per heavy atom. The summed E-state index contributed by atoms with van der Waals surface area (Å²) in [5.41, 5.74) is 7.40. The average molecular weight is 499 g/mol. The molecule has 2 amide bonds. The van der Waals surface area contributed by atoms with Crippen molar-refractivity contribution >= 4 is 17.8 Å². The molecule has 1 unspecified atom stereocenters. The number of rotatable bonds is 7. The zero-order valence-electron chi connectivity index (χ0n) is 20.0. The number of amides is 2. The van der Waals surface area contributed by atoms with Gasteiger partial charge in [0.1, 0.15) is 41.2 Å². The number of carbonyl (C=O) groups excluding carboxylic acids is 2. The Morgan fingerprint density at radius 1 is 1.05 bits per heavy atom. The van der Waals surface area contributed by atoms with Crippen LogP contribution in [-0.4, -0.2) is 60.5 Å². The summed E-state index contributed by atoms with van der Waals surface area (Å²) in [5.74, 6) is 1.42. The lowest BCUT2D eigenvalue weighted by molar-refractivity contribution is 0.100. The molecule has 2 aromatic heterocycles. The number of nitrogens with zero attached hydrogens (tertiary/aromatic N) is 6. The second-order valence-electron chi connectivity index (χ2n) is 9.20. The summed E-state index contributed by atoms with van der Waals surface area (Å²) in [5, 5.41) is 12.1. The van der Waals surface area contributed by atoms with Gasteiger partial charge in [-0.05, 0) is 55.7 Å². The van der Waals surface area contributed by atoms with E-state index in [0.29, 0.717) is 35.9 Å². The molecule has 1 fully saturated rings. The molecule has 4 aromatic rings. The van der Waals surface area contributed by atoms with Crippen LogP contribution < -0.4 is 15.8 Å². The van der Waals surface area contributed by atoms with Crippen LogP contribution in [0.5, 0.6) is 11.5 Å². The minimum atomic E-state index is -0.563. The number of benzene rings is 2. The van der Waals surface area contributed by atoms with Crippen molar-refractivity contribution in [3.63, 3.8) is 0 Å². The molecule has 1 saturated carbocycles. The second kappa shape index (κ2) is 9.41. The van der Waals surface area contributed by atoms with Crippen LogP contribution in [0.2, 0.25) is 0 Å². The van der Waals surface area contributed by atoms with Gasteiger partial charge in [-0.2, -0.15) is 14.9 Å². The molecule has 1 aliphatic carbocycles. The van der Waals surface area contributed by atoms with E-state index in [-0.39, 0.29) is 18.1 Å². The van der Waals surface area contributed by atoms with Gasteiger partial charge in [0.05, 0.1) is 6.04 Å². The van der Waals surface area contributed by atoms with Crippen LogP contribution in [0.4, 0.5) is 10.6 Å². The van der Waals surface area contributed by atoms with Gasteiger partial charge in [-0.15, -0.1) is 0 Å². The minimum absolute atomic E-state index is 0.128. The van der Waals surface area contributed by atoms with E-state index in [4.69, 9.17) is 15.6 Å². The lowest BCUT2D eigenvalue weighted by atomic mass is 10.1. The number of hydrogen-bond acceptors (Lipinski definition) is 7. The maximum Gasteiger partial charge on any atom is 0.346 e. The third-order valence-electron chi connectivity index (χ3n) is 6.63. The standard InChI is InChI=1S/C26H26N8O3/c27-24(35)22-23(17-6-10-21(11-7-17)37-20-4-2-1-3-5-20)31-34-19(12-13-29-25(22)34)14-32(18-8-9-18)26(36)33-16-28-15-30-33/h1-7,10-11,15-16,18-19,29H,8-9,12-14H2,(H2,27,35). The van der Waals surface area contributed by atoms with Gasteiger partial charge >= 0.3 is 6.03 Å². The topological polar surface area (TPSA) is 133 Å². The molecule has 1 aliphatic heterocycles. The molecule has 11 heteroatoms. The average Bonchev–Trinajstić information content (AvgIpc) is 3.44. The summed E-state index contributed by atoms with van der Waals surface area (Å²) >= 11 is 0. The Bertz CT molecular complexity index is 1410. The van der Waals surface area contributed by atoms with E-state index in [1.54, 1.807) is 4.68 Å². The van der Waals surface area contributed by atoms with Crippen molar-refractivity contribution in [1.82, 2.24) is 29.4 Å². The number of fused-ring (bicyclic) bond motifs is 1. The highest BCUT2D eigenvalue weighted by Crippen LogP contribution is 2.37. The molecule has 3 heterocycles. The summed E-state index contributed by atoms with van der Waals surface area (Å²) in [4.78, 5) is 31.4. The number of aromatic nitrogens is 5. The zero-order valence-corrected chi connectivity index (χ0v) is 20.0. The number of ether oxygens (including phenoxy) is 1. The second-order valence-corrected chi connectivity index (χ2v) is 9.20. The highest BCUT2D eigenvalue weighted by Gasteiger charge is 2.38. The van der Waals surface area contributed by atoms with E-state index in [0.717, 1.165) is 30.6 Å². The molecule has 2 aliphatic rings. The molecule has 11 nitrogen and oxygen atoms in total. The normalized spacial score (nSPS) is 16.5. The molecule has 0 spiro atoms. The Hall–Kier alpha value is -4.67. The van der Waals surface area contributed by atoms with Crippen molar-refractivity contribution in [2.75, 3.05) is 18.4 Å². The molecule has 37 heavy (non-hydrogen) atoms. The van der Waals surface area contributed by atoms with Crippen molar-refractivity contribution in [2.24, 2.45) is 5.73 Å². The van der Waals surface area contributed by atoms with E-state index < -0.39 is 5.91 Å². The lowest BCUT2D eigenvalue weighted by Gasteiger charge is -2.31. The number of anilines is 1. The maximum atomic E-state index is 13.1. The molecule has 6 rings (SSSR count). The van der Waals surface area contributed by atoms with Gasteiger partial charge < -0.3 is 20.7 Å². The predicted molar refractivity (Wildman–Crippen MR) is 135 cm³/mol. The summed E-state index contributed by atoms with van der Waals surface area (Å²) in [6.45, 7) is 1.08. The van der Waals surface area contributed by atoms with Crippen LogP contribution in [0.25, 0.3) is 11.3 Å². The van der Waals surface area contributed by atoms with Crippen LogP contribution in [0.15, 0.2) is 67.3 Å². The number of primary amides is 1. The van der Waals surface area contributed by atoms with Gasteiger partial charge in [-0.1, -0.05) is 18.2 Å². The number of para-hydroxylation sites is 1. The smallest absolute Gasteiger partial charge is 0.346 e. The van der Waals surface area contributed by atoms with E-state index in [1.165, 1.54) is 17.3 Å². The fourth-order valence-corrected chi connectivity index (χ4v) is 4.69. The third kappa shape index (κ3) is 4.51. The first-order valence-electron chi connectivity index (χ1n) is 12.2. The van der Waals surface area contributed by atoms with Crippen molar-refractivity contribution in [2.45, 2.75) is 31.3 Å². The number of nitrogens with one attached hydrogen (secondary N) is 1. The first-order valence-corrected chi connectivity index (χ1v) is 12.2. The van der Waals surface area contributed by atoms with Crippen LogP contribution in [0.1, 0.15) is 35.7 Å². The summed E-state index contributed by atoms with van der Waals surface area (Å²) in [6.07, 6.45) is 5.40. The SMILES string of the molecule is NC(=O)c1c(-c2ccc(Oc3ccccc3)cc2)nn2c1NCCC2CN(C(=O)n1cncn1)C1CC1. The first kappa shape index (κ1) is 22.8. The number of hydrogen-bond donors (Lipinski definition) is 2. The molecule has 1 atom stereocenters. The first-order chi connectivity index (χ1) is 18.1. The molecule has 2 aromatic carbocycles. The largest absolute Gasteiger partial charge is 0.457 e. The van der Waals surface area contributed by atoms with Gasteiger partial charge in [0, 0.05) is 24.7 Å².